The Balaban J connectivity index is 1.44. The van der Waals surface area contributed by atoms with Gasteiger partial charge in [-0.15, -0.1) is 11.3 Å². The van der Waals surface area contributed by atoms with Crippen molar-refractivity contribution in [3.05, 3.63) is 63.2 Å². The third-order valence-electron chi connectivity index (χ3n) is 5.52. The van der Waals surface area contributed by atoms with E-state index in [0.717, 1.165) is 10.3 Å². The zero-order valence-corrected chi connectivity index (χ0v) is 19.4. The Bertz CT molecular complexity index is 1170. The molecule has 0 saturated carbocycles. The molecule has 2 heterocycles. The number of thiophene rings is 1. The van der Waals surface area contributed by atoms with Crippen molar-refractivity contribution in [1.82, 2.24) is 9.80 Å². The molecule has 0 radical (unpaired) electrons. The molecule has 1 fully saturated rings. The second-order valence-corrected chi connectivity index (χ2v) is 9.09. The lowest BCUT2D eigenvalue weighted by Crippen LogP contribution is -2.51. The van der Waals surface area contributed by atoms with Gasteiger partial charge in [0.1, 0.15) is 5.82 Å². The number of ether oxygens (including phenoxy) is 1. The average Bonchev–Trinajstić information content (AvgIpc) is 3.16. The molecule has 1 aromatic heterocycles. The zero-order chi connectivity index (χ0) is 22.8. The van der Waals surface area contributed by atoms with Crippen molar-refractivity contribution in [3.63, 3.8) is 0 Å². The summed E-state index contributed by atoms with van der Waals surface area (Å²) >= 11 is 7.40. The van der Waals surface area contributed by atoms with E-state index in [9.17, 15) is 14.0 Å². The number of hydrogen-bond donors (Lipinski definition) is 1. The fourth-order valence-electron chi connectivity index (χ4n) is 3.75. The second kappa shape index (κ2) is 9.44. The van der Waals surface area contributed by atoms with Crippen LogP contribution in [-0.4, -0.2) is 55.0 Å². The number of anilines is 1. The molecule has 1 N–H and O–H groups in total. The number of aryl methyl sites for hydroxylation is 1. The van der Waals surface area contributed by atoms with Crippen LogP contribution in [0.25, 0.3) is 10.1 Å². The van der Waals surface area contributed by atoms with Gasteiger partial charge in [0.2, 0.25) is 0 Å². The minimum Gasteiger partial charge on any atom is -0.380 e. The molecule has 0 unspecified atom stereocenters. The first-order valence-corrected chi connectivity index (χ1v) is 11.4. The molecule has 0 bridgehead atoms. The number of hydrogen-bond acceptors (Lipinski definition) is 4. The van der Waals surface area contributed by atoms with Crippen LogP contribution in [0.1, 0.15) is 20.8 Å². The van der Waals surface area contributed by atoms with Crippen molar-refractivity contribution >= 4 is 50.6 Å². The van der Waals surface area contributed by atoms with Crippen LogP contribution in [0.3, 0.4) is 0 Å². The number of nitrogens with one attached hydrogen (secondary N) is 1. The van der Waals surface area contributed by atoms with Gasteiger partial charge in [0, 0.05) is 59.6 Å². The predicted octanol–water partition coefficient (Wildman–Crippen LogP) is 5.14. The summed E-state index contributed by atoms with van der Waals surface area (Å²) in [7, 11) is 1.53. The summed E-state index contributed by atoms with van der Waals surface area (Å²) in [6, 6.07) is 9.96. The number of amides is 3. The van der Waals surface area contributed by atoms with Gasteiger partial charge >= 0.3 is 6.03 Å². The first-order valence-electron chi connectivity index (χ1n) is 10.2. The number of piperazine rings is 1. The Hall–Kier alpha value is -2.68. The van der Waals surface area contributed by atoms with Crippen molar-refractivity contribution in [3.8, 4) is 0 Å². The van der Waals surface area contributed by atoms with Crippen LogP contribution in [0.2, 0.25) is 5.02 Å². The van der Waals surface area contributed by atoms with Gasteiger partial charge in [-0.1, -0.05) is 23.7 Å². The molecule has 2 aromatic carbocycles. The second-order valence-electron chi connectivity index (χ2n) is 7.63. The summed E-state index contributed by atoms with van der Waals surface area (Å²) in [6.45, 7) is 3.64. The van der Waals surface area contributed by atoms with E-state index in [-0.39, 0.29) is 24.4 Å². The van der Waals surface area contributed by atoms with E-state index < -0.39 is 0 Å². The maximum atomic E-state index is 14.4. The van der Waals surface area contributed by atoms with Crippen LogP contribution in [0.5, 0.6) is 0 Å². The monoisotopic (exact) mass is 475 g/mol. The molecule has 1 aliphatic heterocycles. The van der Waals surface area contributed by atoms with Crippen LogP contribution in [0.15, 0.2) is 36.4 Å². The Morgan fingerprint density at radius 2 is 1.88 bits per heavy atom. The SMILES string of the molecule is COCc1c(C(=O)N2CCN(C(=O)Nc3ccc(C)c(Cl)c3)CC2)sc2cccc(F)c12. The highest BCUT2D eigenvalue weighted by Crippen LogP contribution is 2.34. The Morgan fingerprint density at radius 3 is 2.56 bits per heavy atom. The molecule has 0 spiro atoms. The third kappa shape index (κ3) is 4.44. The van der Waals surface area contributed by atoms with E-state index in [1.165, 1.54) is 24.5 Å². The van der Waals surface area contributed by atoms with Gasteiger partial charge in [-0.25, -0.2) is 9.18 Å². The largest absolute Gasteiger partial charge is 0.380 e. The number of carbonyl (C=O) groups excluding carboxylic acids is 2. The molecule has 3 amide bonds. The molecule has 168 valence electrons. The summed E-state index contributed by atoms with van der Waals surface area (Å²) < 4.78 is 20.4. The van der Waals surface area contributed by atoms with Crippen LogP contribution in [0, 0.1) is 12.7 Å². The molecular formula is C23H23ClFN3O3S. The molecule has 3 aromatic rings. The van der Waals surface area contributed by atoms with E-state index in [4.69, 9.17) is 16.3 Å². The highest BCUT2D eigenvalue weighted by molar-refractivity contribution is 7.21. The summed E-state index contributed by atoms with van der Waals surface area (Å²) in [5, 5.41) is 3.88. The first-order chi connectivity index (χ1) is 15.4. The average molecular weight is 476 g/mol. The van der Waals surface area contributed by atoms with Crippen LogP contribution >= 0.6 is 22.9 Å². The fourth-order valence-corrected chi connectivity index (χ4v) is 5.12. The van der Waals surface area contributed by atoms with Gasteiger partial charge in [0.25, 0.3) is 5.91 Å². The molecular weight excluding hydrogens is 453 g/mol. The van der Waals surface area contributed by atoms with Gasteiger partial charge < -0.3 is 19.9 Å². The Kier molecular flexibility index (Phi) is 6.64. The number of urea groups is 1. The number of rotatable bonds is 4. The fraction of sp³-hybridized carbons (Fsp3) is 0.304. The number of fused-ring (bicyclic) bond motifs is 1. The molecule has 1 aliphatic rings. The van der Waals surface area contributed by atoms with Crippen molar-refractivity contribution in [2.24, 2.45) is 0 Å². The lowest BCUT2D eigenvalue weighted by Gasteiger charge is -2.34. The summed E-state index contributed by atoms with van der Waals surface area (Å²) in [6.07, 6.45) is 0. The molecule has 0 atom stereocenters. The zero-order valence-electron chi connectivity index (χ0n) is 17.8. The molecule has 4 rings (SSSR count). The number of methoxy groups -OCH3 is 1. The van der Waals surface area contributed by atoms with E-state index in [0.29, 0.717) is 52.7 Å². The normalized spacial score (nSPS) is 14.1. The van der Waals surface area contributed by atoms with Gasteiger partial charge in [-0.3, -0.25) is 4.79 Å². The minimum absolute atomic E-state index is 0.156. The number of nitrogens with zero attached hydrogens (tertiary/aromatic N) is 2. The van der Waals surface area contributed by atoms with E-state index in [1.807, 2.05) is 13.0 Å². The quantitative estimate of drug-likeness (QED) is 0.568. The van der Waals surface area contributed by atoms with Gasteiger partial charge in [-0.2, -0.15) is 0 Å². The highest BCUT2D eigenvalue weighted by atomic mass is 35.5. The Morgan fingerprint density at radius 1 is 1.16 bits per heavy atom. The number of benzene rings is 2. The van der Waals surface area contributed by atoms with Gasteiger partial charge in [0.05, 0.1) is 11.5 Å². The molecule has 9 heteroatoms. The number of halogens is 2. The van der Waals surface area contributed by atoms with E-state index in [1.54, 1.807) is 34.1 Å². The van der Waals surface area contributed by atoms with Crippen LogP contribution < -0.4 is 5.32 Å². The van der Waals surface area contributed by atoms with E-state index in [2.05, 4.69) is 5.32 Å². The maximum absolute atomic E-state index is 14.4. The van der Waals surface area contributed by atoms with Crippen LogP contribution in [0.4, 0.5) is 14.9 Å². The first kappa shape index (κ1) is 22.5. The van der Waals surface area contributed by atoms with E-state index >= 15 is 0 Å². The maximum Gasteiger partial charge on any atom is 0.321 e. The smallest absolute Gasteiger partial charge is 0.321 e. The lowest BCUT2D eigenvalue weighted by molar-refractivity contribution is 0.0672. The summed E-state index contributed by atoms with van der Waals surface area (Å²) in [5.41, 5.74) is 2.14. The molecule has 0 aliphatic carbocycles. The lowest BCUT2D eigenvalue weighted by atomic mass is 10.1. The van der Waals surface area contributed by atoms with Crippen LogP contribution in [-0.2, 0) is 11.3 Å². The summed E-state index contributed by atoms with van der Waals surface area (Å²) in [4.78, 5) is 29.7. The molecule has 1 saturated heterocycles. The van der Waals surface area contributed by atoms with Gasteiger partial charge in [0.15, 0.2) is 0 Å². The van der Waals surface area contributed by atoms with Gasteiger partial charge in [-0.05, 0) is 36.8 Å². The predicted molar refractivity (Wildman–Crippen MR) is 125 cm³/mol. The van der Waals surface area contributed by atoms with Crippen molar-refractivity contribution in [2.75, 3.05) is 38.6 Å². The third-order valence-corrected chi connectivity index (χ3v) is 7.12. The van der Waals surface area contributed by atoms with Crippen molar-refractivity contribution in [2.45, 2.75) is 13.5 Å². The topological polar surface area (TPSA) is 61.9 Å². The number of carbonyl (C=O) groups is 2. The standard InChI is InChI=1S/C23H23ClFN3O3S/c1-14-6-7-15(12-17(14)24)26-23(30)28-10-8-27(9-11-28)22(29)21-16(13-31-2)20-18(25)4-3-5-19(20)32-21/h3-7,12H,8-11,13H2,1-2H3,(H,26,30). The molecule has 6 nitrogen and oxygen atoms in total. The summed E-state index contributed by atoms with van der Waals surface area (Å²) in [5.74, 6) is -0.523. The van der Waals surface area contributed by atoms with Crippen molar-refractivity contribution in [1.29, 1.82) is 0 Å². The minimum atomic E-state index is -0.359. The highest BCUT2D eigenvalue weighted by Gasteiger charge is 2.29. The molecule has 32 heavy (non-hydrogen) atoms. The van der Waals surface area contributed by atoms with Crippen molar-refractivity contribution < 1.29 is 18.7 Å². The Labute approximate surface area is 194 Å².